The van der Waals surface area contributed by atoms with Crippen LogP contribution in [-0.4, -0.2) is 23.3 Å². The highest BCUT2D eigenvalue weighted by molar-refractivity contribution is 5.97. The monoisotopic (exact) mass is 180 g/mol. The summed E-state index contributed by atoms with van der Waals surface area (Å²) in [5, 5.41) is 0. The average molecular weight is 180 g/mol. The van der Waals surface area contributed by atoms with Gasteiger partial charge in [0.1, 0.15) is 17.5 Å². The van der Waals surface area contributed by atoms with Gasteiger partial charge in [-0.25, -0.2) is 0 Å². The molecule has 3 fully saturated rings. The van der Waals surface area contributed by atoms with Crippen LogP contribution in [0.1, 0.15) is 32.6 Å². The first-order valence-electron chi connectivity index (χ1n) is 4.84. The number of hydrogen-bond acceptors (Lipinski definition) is 3. The molecule has 70 valence electrons. The molecule has 3 heteroatoms. The minimum absolute atomic E-state index is 0.201. The van der Waals surface area contributed by atoms with Crippen LogP contribution in [-0.2, 0) is 14.3 Å². The maximum atomic E-state index is 11.7. The standard InChI is InChI=1S/C10H12O3/c1-9-4-2-6(11)8-10(9,13-8)5-3-7(9)12/h8H,2-5H2,1H3/t8-,9-,10-/m0/s1. The quantitative estimate of drug-likeness (QED) is 0.519. The van der Waals surface area contributed by atoms with Gasteiger partial charge in [0.15, 0.2) is 5.78 Å². The van der Waals surface area contributed by atoms with Gasteiger partial charge in [-0.3, -0.25) is 9.59 Å². The minimum Gasteiger partial charge on any atom is -0.357 e. The van der Waals surface area contributed by atoms with Gasteiger partial charge in [0.05, 0.1) is 5.41 Å². The van der Waals surface area contributed by atoms with Crippen molar-refractivity contribution in [1.29, 1.82) is 0 Å². The highest BCUT2D eigenvalue weighted by Gasteiger charge is 2.76. The summed E-state index contributed by atoms with van der Waals surface area (Å²) in [4.78, 5) is 23.1. The van der Waals surface area contributed by atoms with Crippen molar-refractivity contribution in [3.8, 4) is 0 Å². The molecule has 1 spiro atoms. The number of rotatable bonds is 0. The zero-order valence-corrected chi connectivity index (χ0v) is 7.63. The molecule has 2 aliphatic carbocycles. The predicted octanol–water partition coefficient (Wildman–Crippen LogP) is 0.856. The molecule has 0 N–H and O–H groups in total. The van der Waals surface area contributed by atoms with Gasteiger partial charge >= 0.3 is 0 Å². The lowest BCUT2D eigenvalue weighted by Gasteiger charge is -2.30. The fourth-order valence-electron chi connectivity index (χ4n) is 3.05. The van der Waals surface area contributed by atoms with Crippen LogP contribution in [0.2, 0.25) is 0 Å². The molecular weight excluding hydrogens is 168 g/mol. The Morgan fingerprint density at radius 2 is 2.08 bits per heavy atom. The fraction of sp³-hybridized carbons (Fsp3) is 0.800. The van der Waals surface area contributed by atoms with E-state index in [1.807, 2.05) is 6.92 Å². The zero-order chi connectivity index (χ0) is 9.27. The van der Waals surface area contributed by atoms with Gasteiger partial charge in [-0.2, -0.15) is 0 Å². The fourth-order valence-corrected chi connectivity index (χ4v) is 3.05. The Kier molecular flexibility index (Phi) is 1.11. The molecule has 0 aromatic rings. The number of carbonyl (C=O) groups excluding carboxylic acids is 2. The van der Waals surface area contributed by atoms with E-state index in [1.54, 1.807) is 0 Å². The number of hydrogen-bond donors (Lipinski definition) is 0. The van der Waals surface area contributed by atoms with E-state index in [0.29, 0.717) is 25.0 Å². The van der Waals surface area contributed by atoms with E-state index in [-0.39, 0.29) is 22.9 Å². The molecule has 0 amide bonds. The maximum absolute atomic E-state index is 11.7. The smallest absolute Gasteiger partial charge is 0.164 e. The predicted molar refractivity (Wildman–Crippen MR) is 44.2 cm³/mol. The summed E-state index contributed by atoms with van der Waals surface area (Å²) in [6, 6.07) is 0. The molecule has 0 radical (unpaired) electrons. The highest BCUT2D eigenvalue weighted by atomic mass is 16.6. The summed E-state index contributed by atoms with van der Waals surface area (Å²) >= 11 is 0. The lowest BCUT2D eigenvalue weighted by atomic mass is 9.68. The molecule has 3 nitrogen and oxygen atoms in total. The molecule has 0 aromatic heterocycles. The van der Waals surface area contributed by atoms with Gasteiger partial charge < -0.3 is 4.74 Å². The second kappa shape index (κ2) is 1.87. The minimum atomic E-state index is -0.362. The van der Waals surface area contributed by atoms with E-state index < -0.39 is 0 Å². The molecule has 13 heavy (non-hydrogen) atoms. The molecule has 0 aromatic carbocycles. The van der Waals surface area contributed by atoms with Gasteiger partial charge in [-0.05, 0) is 19.8 Å². The topological polar surface area (TPSA) is 46.7 Å². The van der Waals surface area contributed by atoms with Crippen molar-refractivity contribution >= 4 is 11.6 Å². The summed E-state index contributed by atoms with van der Waals surface area (Å²) in [6.45, 7) is 1.97. The molecule has 1 saturated heterocycles. The summed E-state index contributed by atoms with van der Waals surface area (Å²) in [5.41, 5.74) is -0.703. The normalized spacial score (nSPS) is 53.2. The highest BCUT2D eigenvalue weighted by Crippen LogP contribution is 2.63. The first-order chi connectivity index (χ1) is 6.10. The van der Waals surface area contributed by atoms with Gasteiger partial charge in [-0.1, -0.05) is 0 Å². The molecule has 2 saturated carbocycles. The SMILES string of the molecule is C[C@@]12CCC(=O)[C@@H]3O[C@@]31CCC2=O. The van der Waals surface area contributed by atoms with Crippen molar-refractivity contribution in [1.82, 2.24) is 0 Å². The molecule has 0 unspecified atom stereocenters. The van der Waals surface area contributed by atoms with E-state index in [9.17, 15) is 9.59 Å². The summed E-state index contributed by atoms with van der Waals surface area (Å²) in [7, 11) is 0. The Labute approximate surface area is 76.4 Å². The van der Waals surface area contributed by atoms with Crippen LogP contribution in [0.3, 0.4) is 0 Å². The van der Waals surface area contributed by atoms with Gasteiger partial charge in [0, 0.05) is 12.8 Å². The van der Waals surface area contributed by atoms with Gasteiger partial charge in [-0.15, -0.1) is 0 Å². The second-order valence-corrected chi connectivity index (χ2v) is 4.61. The van der Waals surface area contributed by atoms with Crippen molar-refractivity contribution in [2.24, 2.45) is 5.41 Å². The van der Waals surface area contributed by atoms with Crippen molar-refractivity contribution in [2.45, 2.75) is 44.3 Å². The number of Topliss-reactive ketones (excluding diaryl/α,β-unsaturated/α-hetero) is 2. The Morgan fingerprint density at radius 3 is 2.85 bits per heavy atom. The van der Waals surface area contributed by atoms with Gasteiger partial charge in [0.25, 0.3) is 0 Å². The van der Waals surface area contributed by atoms with Crippen LogP contribution in [0.25, 0.3) is 0 Å². The zero-order valence-electron chi connectivity index (χ0n) is 7.63. The van der Waals surface area contributed by atoms with E-state index in [1.165, 1.54) is 0 Å². The Balaban J connectivity index is 2.07. The largest absolute Gasteiger partial charge is 0.357 e. The molecule has 1 heterocycles. The molecule has 3 atom stereocenters. The first-order valence-corrected chi connectivity index (χ1v) is 4.84. The van der Waals surface area contributed by atoms with Crippen molar-refractivity contribution in [2.75, 3.05) is 0 Å². The Bertz CT molecular complexity index is 322. The second-order valence-electron chi connectivity index (χ2n) is 4.61. The third-order valence-corrected chi connectivity index (χ3v) is 4.13. The maximum Gasteiger partial charge on any atom is 0.164 e. The number of carbonyl (C=O) groups is 2. The summed E-state index contributed by atoms with van der Waals surface area (Å²) in [5.74, 6) is 0.495. The van der Waals surface area contributed by atoms with Crippen molar-refractivity contribution < 1.29 is 14.3 Å². The van der Waals surface area contributed by atoms with E-state index >= 15 is 0 Å². The van der Waals surface area contributed by atoms with Gasteiger partial charge in [0.2, 0.25) is 0 Å². The van der Waals surface area contributed by atoms with Crippen LogP contribution in [0.5, 0.6) is 0 Å². The van der Waals surface area contributed by atoms with E-state index in [0.717, 1.165) is 6.42 Å². The average Bonchev–Trinajstić information content (AvgIpc) is 2.80. The number of ether oxygens (including phenoxy) is 1. The molecule has 3 rings (SSSR count). The van der Waals surface area contributed by atoms with E-state index in [2.05, 4.69) is 0 Å². The molecule has 0 bridgehead atoms. The number of ketones is 2. The third-order valence-electron chi connectivity index (χ3n) is 4.13. The molecule has 3 aliphatic rings. The number of epoxide rings is 1. The van der Waals surface area contributed by atoms with Crippen LogP contribution < -0.4 is 0 Å². The lowest BCUT2D eigenvalue weighted by molar-refractivity contribution is -0.129. The van der Waals surface area contributed by atoms with E-state index in [4.69, 9.17) is 4.74 Å². The summed E-state index contributed by atoms with van der Waals surface area (Å²) in [6.07, 6.45) is 2.34. The summed E-state index contributed by atoms with van der Waals surface area (Å²) < 4.78 is 5.50. The Morgan fingerprint density at radius 1 is 1.31 bits per heavy atom. The third kappa shape index (κ3) is 0.633. The molecular formula is C10H12O3. The van der Waals surface area contributed by atoms with Crippen LogP contribution in [0, 0.1) is 5.41 Å². The van der Waals surface area contributed by atoms with Crippen molar-refractivity contribution in [3.05, 3.63) is 0 Å². The van der Waals surface area contributed by atoms with Crippen LogP contribution >= 0.6 is 0 Å². The van der Waals surface area contributed by atoms with Crippen molar-refractivity contribution in [3.63, 3.8) is 0 Å². The Hall–Kier alpha value is -0.700. The van der Waals surface area contributed by atoms with Crippen LogP contribution in [0.4, 0.5) is 0 Å². The molecule has 1 aliphatic heterocycles. The lowest BCUT2D eigenvalue weighted by Crippen LogP contribution is -2.43. The van der Waals surface area contributed by atoms with Crippen LogP contribution in [0.15, 0.2) is 0 Å². The first kappa shape index (κ1) is 7.68.